The molecule has 2 aromatic rings. The molecule has 0 aliphatic rings. The van der Waals surface area contributed by atoms with Gasteiger partial charge in [0.15, 0.2) is 6.61 Å². The third kappa shape index (κ3) is 5.07. The summed E-state index contributed by atoms with van der Waals surface area (Å²) in [5.74, 6) is -1.90. The molecule has 0 radical (unpaired) electrons. The highest BCUT2D eigenvalue weighted by Gasteiger charge is 2.14. The van der Waals surface area contributed by atoms with Gasteiger partial charge in [-0.2, -0.15) is 0 Å². The van der Waals surface area contributed by atoms with Crippen LogP contribution in [0.5, 0.6) is 5.75 Å². The first-order chi connectivity index (χ1) is 11.0. The number of hydrogen-bond acceptors (Lipinski definition) is 4. The molecule has 0 unspecified atom stereocenters. The van der Waals surface area contributed by atoms with Gasteiger partial charge in [-0.3, -0.25) is 4.79 Å². The topological polar surface area (TPSA) is 75.6 Å². The Kier molecular flexibility index (Phi) is 5.70. The van der Waals surface area contributed by atoms with Crippen molar-refractivity contribution in [3.8, 4) is 5.75 Å². The van der Waals surface area contributed by atoms with E-state index in [2.05, 4.69) is 21.2 Å². The summed E-state index contributed by atoms with van der Waals surface area (Å²) in [5, 5.41) is 12.1. The summed E-state index contributed by atoms with van der Waals surface area (Å²) in [6.07, 6.45) is 0. The van der Waals surface area contributed by atoms with E-state index in [4.69, 9.17) is 4.74 Å². The highest BCUT2D eigenvalue weighted by Crippen LogP contribution is 2.22. The fraction of sp³-hybridized carbons (Fsp3) is 0.125. The van der Waals surface area contributed by atoms with Crippen molar-refractivity contribution < 1.29 is 23.8 Å². The fourth-order valence-electron chi connectivity index (χ4n) is 1.73. The van der Waals surface area contributed by atoms with E-state index in [0.717, 1.165) is 5.56 Å². The van der Waals surface area contributed by atoms with Crippen LogP contribution in [0, 0.1) is 5.82 Å². The van der Waals surface area contributed by atoms with E-state index in [1.165, 1.54) is 24.3 Å². The Hall–Kier alpha value is -2.41. The summed E-state index contributed by atoms with van der Waals surface area (Å²) >= 11 is 3.18. The maximum absolute atomic E-state index is 12.7. The second kappa shape index (κ2) is 7.73. The number of esters is 1. The minimum absolute atomic E-state index is 0.0364. The third-order valence-corrected chi connectivity index (χ3v) is 3.41. The van der Waals surface area contributed by atoms with E-state index in [-0.39, 0.29) is 23.7 Å². The van der Waals surface area contributed by atoms with E-state index in [1.807, 2.05) is 0 Å². The minimum atomic E-state index is -0.805. The van der Waals surface area contributed by atoms with Crippen molar-refractivity contribution in [3.63, 3.8) is 0 Å². The van der Waals surface area contributed by atoms with E-state index in [1.54, 1.807) is 18.2 Å². The standard InChI is InChI=1S/C16H13BrFNO4/c17-11-3-6-14(20)13(7-11)16(22)23-9-15(21)19-8-10-1-4-12(18)5-2-10/h1-7,20H,8-9H2,(H,19,21). The van der Waals surface area contributed by atoms with Crippen LogP contribution in [0.15, 0.2) is 46.9 Å². The van der Waals surface area contributed by atoms with Crippen LogP contribution in [0.3, 0.4) is 0 Å². The fourth-order valence-corrected chi connectivity index (χ4v) is 2.10. The van der Waals surface area contributed by atoms with Gasteiger partial charge in [-0.25, -0.2) is 9.18 Å². The number of benzene rings is 2. The summed E-state index contributed by atoms with van der Waals surface area (Å²) in [7, 11) is 0. The molecule has 7 heteroatoms. The molecule has 0 heterocycles. The van der Waals surface area contributed by atoms with Gasteiger partial charge in [-0.15, -0.1) is 0 Å². The number of phenols is 1. The molecule has 1 amide bonds. The molecule has 2 aromatic carbocycles. The van der Waals surface area contributed by atoms with Gasteiger partial charge in [-0.05, 0) is 35.9 Å². The van der Waals surface area contributed by atoms with Gasteiger partial charge in [0.2, 0.25) is 0 Å². The van der Waals surface area contributed by atoms with Gasteiger partial charge in [-0.1, -0.05) is 28.1 Å². The van der Waals surface area contributed by atoms with Crippen molar-refractivity contribution in [2.75, 3.05) is 6.61 Å². The Morgan fingerprint density at radius 3 is 2.57 bits per heavy atom. The molecule has 0 saturated carbocycles. The highest BCUT2D eigenvalue weighted by atomic mass is 79.9. The first-order valence-corrected chi connectivity index (χ1v) is 7.42. The summed E-state index contributed by atoms with van der Waals surface area (Å²) in [6.45, 7) is -0.287. The Labute approximate surface area is 140 Å². The Bertz CT molecular complexity index is 719. The van der Waals surface area contributed by atoms with Gasteiger partial charge in [0.1, 0.15) is 17.1 Å². The number of hydrogen-bond donors (Lipinski definition) is 2. The second-order valence-electron chi connectivity index (χ2n) is 4.64. The number of halogens is 2. The van der Waals surface area contributed by atoms with Crippen LogP contribution in [-0.4, -0.2) is 23.6 Å². The Morgan fingerprint density at radius 2 is 1.87 bits per heavy atom. The van der Waals surface area contributed by atoms with Gasteiger partial charge >= 0.3 is 5.97 Å². The van der Waals surface area contributed by atoms with Crippen LogP contribution in [0.2, 0.25) is 0 Å². The zero-order valence-corrected chi connectivity index (χ0v) is 13.5. The first-order valence-electron chi connectivity index (χ1n) is 6.62. The molecule has 0 aromatic heterocycles. The number of rotatable bonds is 5. The average Bonchev–Trinajstić information content (AvgIpc) is 2.54. The lowest BCUT2D eigenvalue weighted by Gasteiger charge is -2.08. The number of ether oxygens (including phenoxy) is 1. The van der Waals surface area contributed by atoms with Crippen molar-refractivity contribution >= 4 is 27.8 Å². The van der Waals surface area contributed by atoms with Crippen LogP contribution >= 0.6 is 15.9 Å². The molecule has 0 atom stereocenters. The van der Waals surface area contributed by atoms with E-state index >= 15 is 0 Å². The van der Waals surface area contributed by atoms with Crippen LogP contribution in [0.25, 0.3) is 0 Å². The second-order valence-corrected chi connectivity index (χ2v) is 5.56. The van der Waals surface area contributed by atoms with Gasteiger partial charge in [0, 0.05) is 11.0 Å². The van der Waals surface area contributed by atoms with E-state index in [9.17, 15) is 19.1 Å². The zero-order valence-electron chi connectivity index (χ0n) is 11.9. The van der Waals surface area contributed by atoms with Crippen LogP contribution in [0.1, 0.15) is 15.9 Å². The summed E-state index contributed by atoms with van der Waals surface area (Å²) in [4.78, 5) is 23.4. The summed E-state index contributed by atoms with van der Waals surface area (Å²) < 4.78 is 18.2. The number of phenolic OH excluding ortho intramolecular Hbond substituents is 1. The molecule has 0 aliphatic carbocycles. The Morgan fingerprint density at radius 1 is 1.17 bits per heavy atom. The quantitative estimate of drug-likeness (QED) is 0.780. The van der Waals surface area contributed by atoms with Crippen LogP contribution in [0.4, 0.5) is 4.39 Å². The molecule has 0 spiro atoms. The highest BCUT2D eigenvalue weighted by molar-refractivity contribution is 9.10. The molecule has 5 nitrogen and oxygen atoms in total. The van der Waals surface area contributed by atoms with Crippen LogP contribution < -0.4 is 5.32 Å². The molecule has 2 N–H and O–H groups in total. The largest absolute Gasteiger partial charge is 0.507 e. The van der Waals surface area contributed by atoms with Crippen LogP contribution in [-0.2, 0) is 16.1 Å². The number of amides is 1. The lowest BCUT2D eigenvalue weighted by atomic mass is 10.2. The van der Waals surface area contributed by atoms with Crippen molar-refractivity contribution in [2.45, 2.75) is 6.54 Å². The maximum atomic E-state index is 12.7. The van der Waals surface area contributed by atoms with Crippen molar-refractivity contribution in [3.05, 3.63) is 63.9 Å². The molecule has 2 rings (SSSR count). The molecule has 0 saturated heterocycles. The molecule has 120 valence electrons. The molecule has 0 bridgehead atoms. The third-order valence-electron chi connectivity index (χ3n) is 2.92. The predicted octanol–water partition coefficient (Wildman–Crippen LogP) is 2.77. The Balaban J connectivity index is 1.83. The van der Waals surface area contributed by atoms with Crippen molar-refractivity contribution in [2.24, 2.45) is 0 Å². The first kappa shape index (κ1) is 17.0. The predicted molar refractivity (Wildman–Crippen MR) is 84.3 cm³/mol. The van der Waals surface area contributed by atoms with E-state index < -0.39 is 18.5 Å². The van der Waals surface area contributed by atoms with Crippen molar-refractivity contribution in [1.82, 2.24) is 5.32 Å². The number of nitrogens with one attached hydrogen (secondary N) is 1. The van der Waals surface area contributed by atoms with E-state index in [0.29, 0.717) is 4.47 Å². The van der Waals surface area contributed by atoms with Gasteiger partial charge in [0.05, 0.1) is 0 Å². The van der Waals surface area contributed by atoms with Gasteiger partial charge in [0.25, 0.3) is 5.91 Å². The maximum Gasteiger partial charge on any atom is 0.342 e. The molecular formula is C16H13BrFNO4. The lowest BCUT2D eigenvalue weighted by molar-refractivity contribution is -0.124. The zero-order chi connectivity index (χ0) is 16.8. The van der Waals surface area contributed by atoms with Gasteiger partial charge < -0.3 is 15.2 Å². The molecule has 0 aliphatic heterocycles. The minimum Gasteiger partial charge on any atom is -0.507 e. The number of carbonyl (C=O) groups is 2. The molecule has 23 heavy (non-hydrogen) atoms. The SMILES string of the molecule is O=C(COC(=O)c1cc(Br)ccc1O)NCc1ccc(F)cc1. The average molecular weight is 382 g/mol. The smallest absolute Gasteiger partial charge is 0.342 e. The number of carbonyl (C=O) groups excluding carboxylic acids is 2. The normalized spacial score (nSPS) is 10.2. The lowest BCUT2D eigenvalue weighted by Crippen LogP contribution is -2.28. The number of aromatic hydroxyl groups is 1. The molecular weight excluding hydrogens is 369 g/mol. The van der Waals surface area contributed by atoms with Crippen molar-refractivity contribution in [1.29, 1.82) is 0 Å². The summed E-state index contributed by atoms with van der Waals surface area (Å²) in [6, 6.07) is 9.97. The summed E-state index contributed by atoms with van der Waals surface area (Å²) in [5.41, 5.74) is 0.682. The monoisotopic (exact) mass is 381 g/mol. The molecule has 0 fully saturated rings.